The SMILES string of the molecule is COc1cc(CCNC(=O)c2ccccn2)c([Se]c2ccccc2)cc1OC. The number of ether oxygens (including phenoxy) is 2. The van der Waals surface area contributed by atoms with Crippen molar-refractivity contribution < 1.29 is 14.3 Å². The molecule has 2 aromatic carbocycles. The first-order valence-corrected chi connectivity index (χ1v) is 10.6. The summed E-state index contributed by atoms with van der Waals surface area (Å²) in [5.41, 5.74) is 1.56. The molecule has 144 valence electrons. The topological polar surface area (TPSA) is 60.5 Å². The number of pyridine rings is 1. The number of hydrogen-bond donors (Lipinski definition) is 1. The van der Waals surface area contributed by atoms with Crippen LogP contribution in [0.2, 0.25) is 0 Å². The van der Waals surface area contributed by atoms with Gasteiger partial charge in [-0.1, -0.05) is 0 Å². The first kappa shape index (κ1) is 19.9. The van der Waals surface area contributed by atoms with Crippen LogP contribution < -0.4 is 23.7 Å². The van der Waals surface area contributed by atoms with E-state index in [0.29, 0.717) is 24.4 Å². The maximum atomic E-state index is 12.2. The van der Waals surface area contributed by atoms with Crippen LogP contribution >= 0.6 is 0 Å². The number of hydrogen-bond acceptors (Lipinski definition) is 4. The summed E-state index contributed by atoms with van der Waals surface area (Å²) in [6.45, 7) is 0.517. The Kier molecular flexibility index (Phi) is 7.06. The molecule has 1 N–H and O–H groups in total. The molecule has 5 nitrogen and oxygen atoms in total. The Morgan fingerprint density at radius 2 is 1.71 bits per heavy atom. The average molecular weight is 441 g/mol. The zero-order valence-electron chi connectivity index (χ0n) is 15.8. The van der Waals surface area contributed by atoms with Crippen LogP contribution in [-0.2, 0) is 6.42 Å². The quantitative estimate of drug-likeness (QED) is 0.541. The Bertz CT molecular complexity index is 918. The molecule has 0 saturated carbocycles. The third-order valence-corrected chi connectivity index (χ3v) is 6.44. The van der Waals surface area contributed by atoms with E-state index >= 15 is 0 Å². The fourth-order valence-corrected chi connectivity index (χ4v) is 4.82. The van der Waals surface area contributed by atoms with Gasteiger partial charge < -0.3 is 0 Å². The van der Waals surface area contributed by atoms with Crippen LogP contribution in [0.4, 0.5) is 0 Å². The maximum absolute atomic E-state index is 12.2. The Balaban J connectivity index is 1.76. The molecule has 1 heterocycles. The van der Waals surface area contributed by atoms with Crippen molar-refractivity contribution in [3.8, 4) is 11.5 Å². The van der Waals surface area contributed by atoms with Crippen LogP contribution in [0.15, 0.2) is 66.9 Å². The Morgan fingerprint density at radius 3 is 2.39 bits per heavy atom. The average Bonchev–Trinajstić information content (AvgIpc) is 2.75. The molecule has 0 aliphatic heterocycles. The van der Waals surface area contributed by atoms with Gasteiger partial charge in [0.15, 0.2) is 0 Å². The normalized spacial score (nSPS) is 10.4. The van der Waals surface area contributed by atoms with E-state index in [1.54, 1.807) is 38.6 Å². The van der Waals surface area contributed by atoms with Gasteiger partial charge in [-0.15, -0.1) is 0 Å². The predicted molar refractivity (Wildman–Crippen MR) is 111 cm³/mol. The molecule has 3 aromatic rings. The zero-order valence-corrected chi connectivity index (χ0v) is 17.6. The van der Waals surface area contributed by atoms with E-state index in [0.717, 1.165) is 11.3 Å². The summed E-state index contributed by atoms with van der Waals surface area (Å²) in [4.78, 5) is 16.3. The fourth-order valence-electron chi connectivity index (χ4n) is 2.71. The molecule has 6 heteroatoms. The second-order valence-electron chi connectivity index (χ2n) is 5.95. The molecule has 0 spiro atoms. The summed E-state index contributed by atoms with van der Waals surface area (Å²) in [6, 6.07) is 19.7. The van der Waals surface area contributed by atoms with Gasteiger partial charge in [0.1, 0.15) is 0 Å². The van der Waals surface area contributed by atoms with Crippen molar-refractivity contribution in [2.45, 2.75) is 6.42 Å². The molecular weight excluding hydrogens is 419 g/mol. The van der Waals surface area contributed by atoms with Crippen LogP contribution in [0.3, 0.4) is 0 Å². The molecule has 28 heavy (non-hydrogen) atoms. The first-order valence-electron chi connectivity index (χ1n) is 8.88. The van der Waals surface area contributed by atoms with Gasteiger partial charge in [-0.3, -0.25) is 0 Å². The Labute approximate surface area is 171 Å². The van der Waals surface area contributed by atoms with Crippen molar-refractivity contribution in [1.29, 1.82) is 0 Å². The number of carbonyl (C=O) groups is 1. The molecule has 0 aliphatic rings. The molecule has 0 fully saturated rings. The third-order valence-electron chi connectivity index (χ3n) is 4.12. The summed E-state index contributed by atoms with van der Waals surface area (Å²) < 4.78 is 13.4. The number of nitrogens with zero attached hydrogens (tertiary/aromatic N) is 1. The van der Waals surface area contributed by atoms with E-state index < -0.39 is 0 Å². The summed E-state index contributed by atoms with van der Waals surface area (Å²) in [6.07, 6.45) is 2.31. The molecular formula is C22H22N2O3Se. The summed E-state index contributed by atoms with van der Waals surface area (Å²) >= 11 is 0.126. The number of carbonyl (C=O) groups excluding carboxylic acids is 1. The van der Waals surface area contributed by atoms with Crippen LogP contribution in [0.25, 0.3) is 0 Å². The number of methoxy groups -OCH3 is 2. The van der Waals surface area contributed by atoms with E-state index in [-0.39, 0.29) is 20.9 Å². The van der Waals surface area contributed by atoms with Gasteiger partial charge in [0.2, 0.25) is 0 Å². The molecule has 0 atom stereocenters. The second kappa shape index (κ2) is 9.92. The predicted octanol–water partition coefficient (Wildman–Crippen LogP) is 1.73. The van der Waals surface area contributed by atoms with Crippen molar-refractivity contribution in [3.63, 3.8) is 0 Å². The second-order valence-corrected chi connectivity index (χ2v) is 8.29. The number of rotatable bonds is 8. The molecule has 0 aliphatic carbocycles. The van der Waals surface area contributed by atoms with Crippen LogP contribution in [0.5, 0.6) is 11.5 Å². The van der Waals surface area contributed by atoms with Crippen molar-refractivity contribution in [1.82, 2.24) is 10.3 Å². The van der Waals surface area contributed by atoms with E-state index in [2.05, 4.69) is 22.4 Å². The van der Waals surface area contributed by atoms with E-state index in [1.165, 1.54) is 8.92 Å². The number of benzene rings is 2. The van der Waals surface area contributed by atoms with E-state index in [9.17, 15) is 4.79 Å². The van der Waals surface area contributed by atoms with Gasteiger partial charge in [-0.25, -0.2) is 0 Å². The van der Waals surface area contributed by atoms with Gasteiger partial charge in [0.25, 0.3) is 0 Å². The van der Waals surface area contributed by atoms with E-state index in [4.69, 9.17) is 9.47 Å². The molecule has 0 unspecified atom stereocenters. The monoisotopic (exact) mass is 442 g/mol. The van der Waals surface area contributed by atoms with Gasteiger partial charge in [0, 0.05) is 0 Å². The van der Waals surface area contributed by atoms with Gasteiger partial charge in [-0.05, 0) is 0 Å². The number of nitrogens with one attached hydrogen (secondary N) is 1. The molecule has 0 bridgehead atoms. The van der Waals surface area contributed by atoms with Crippen LogP contribution in [0.1, 0.15) is 16.1 Å². The summed E-state index contributed by atoms with van der Waals surface area (Å²) in [7, 11) is 3.27. The van der Waals surface area contributed by atoms with Gasteiger partial charge >= 0.3 is 171 Å². The Morgan fingerprint density at radius 1 is 1.00 bits per heavy atom. The molecule has 3 rings (SSSR count). The Hall–Kier alpha value is -2.82. The molecule has 1 amide bonds. The van der Waals surface area contributed by atoms with Crippen LogP contribution in [0, 0.1) is 0 Å². The van der Waals surface area contributed by atoms with Crippen molar-refractivity contribution in [2.75, 3.05) is 20.8 Å². The molecule has 1 aromatic heterocycles. The molecule has 0 saturated heterocycles. The first-order chi connectivity index (χ1) is 13.7. The standard InChI is InChI=1S/C22H22N2O3Se/c1-26-19-14-16(11-13-24-22(25)18-10-6-7-12-23-18)21(15-20(19)27-2)28-17-8-4-3-5-9-17/h3-10,12,14-15H,11,13H2,1-2H3,(H,24,25). The van der Waals surface area contributed by atoms with Crippen LogP contribution in [-0.4, -0.2) is 46.6 Å². The fraction of sp³-hybridized carbons (Fsp3) is 0.182. The van der Waals surface area contributed by atoms with Gasteiger partial charge in [-0.2, -0.15) is 0 Å². The summed E-state index contributed by atoms with van der Waals surface area (Å²) in [5, 5.41) is 2.94. The molecule has 0 radical (unpaired) electrons. The number of aromatic nitrogens is 1. The summed E-state index contributed by atoms with van der Waals surface area (Å²) in [5.74, 6) is 1.24. The van der Waals surface area contributed by atoms with Gasteiger partial charge in [0.05, 0.1) is 0 Å². The zero-order chi connectivity index (χ0) is 19.8. The minimum atomic E-state index is -0.170. The third kappa shape index (κ3) is 5.12. The minimum absolute atomic E-state index is 0.126. The van der Waals surface area contributed by atoms with E-state index in [1.807, 2.05) is 30.3 Å². The van der Waals surface area contributed by atoms with Crippen molar-refractivity contribution >= 4 is 29.8 Å². The van der Waals surface area contributed by atoms with Crippen molar-refractivity contribution in [3.05, 3.63) is 78.1 Å². The number of amides is 1. The van der Waals surface area contributed by atoms with Crippen molar-refractivity contribution in [2.24, 2.45) is 0 Å².